The molecule has 0 bridgehead atoms. The summed E-state index contributed by atoms with van der Waals surface area (Å²) < 4.78 is 10.7. The Morgan fingerprint density at radius 2 is 1.73 bits per heavy atom. The van der Waals surface area contributed by atoms with Gasteiger partial charge in [0.25, 0.3) is 5.91 Å². The van der Waals surface area contributed by atoms with Crippen LogP contribution in [-0.2, 0) is 11.3 Å². The maximum absolute atomic E-state index is 13.4. The lowest BCUT2D eigenvalue weighted by molar-refractivity contribution is -0.131. The molecule has 0 radical (unpaired) electrons. The van der Waals surface area contributed by atoms with Crippen molar-refractivity contribution in [1.29, 1.82) is 0 Å². The van der Waals surface area contributed by atoms with E-state index in [1.807, 2.05) is 29.2 Å². The maximum Gasteiger partial charge on any atom is 0.254 e. The minimum Gasteiger partial charge on any atom is -0.497 e. The minimum absolute atomic E-state index is 0.0450. The summed E-state index contributed by atoms with van der Waals surface area (Å²) in [6.07, 6.45) is 2.35. The molecule has 3 heterocycles. The zero-order valence-electron chi connectivity index (χ0n) is 22.8. The van der Waals surface area contributed by atoms with Crippen LogP contribution >= 0.6 is 0 Å². The Morgan fingerprint density at radius 1 is 0.925 bits per heavy atom. The summed E-state index contributed by atoms with van der Waals surface area (Å²) in [5.41, 5.74) is 3.54. The van der Waals surface area contributed by atoms with Crippen molar-refractivity contribution in [2.75, 3.05) is 44.7 Å². The average molecular weight is 540 g/mol. The molecular weight excluding hydrogens is 506 g/mol. The number of benzene rings is 2. The van der Waals surface area contributed by atoms with Gasteiger partial charge in [-0.15, -0.1) is 10.2 Å². The molecule has 40 heavy (non-hydrogen) atoms. The lowest BCUT2D eigenvalue weighted by Crippen LogP contribution is -2.44. The molecule has 0 unspecified atom stereocenters. The van der Waals surface area contributed by atoms with Gasteiger partial charge in [-0.25, -0.2) is 0 Å². The molecule has 1 aliphatic heterocycles. The van der Waals surface area contributed by atoms with E-state index in [9.17, 15) is 9.59 Å². The van der Waals surface area contributed by atoms with Gasteiger partial charge in [0.05, 0.1) is 25.6 Å². The predicted molar refractivity (Wildman–Crippen MR) is 152 cm³/mol. The van der Waals surface area contributed by atoms with Gasteiger partial charge in [-0.05, 0) is 61.9 Å². The van der Waals surface area contributed by atoms with Crippen molar-refractivity contribution in [3.05, 3.63) is 95.9 Å². The van der Waals surface area contributed by atoms with Crippen LogP contribution in [0.25, 0.3) is 11.3 Å². The number of carbonyl (C=O) groups excluding carboxylic acids is 2. The number of aryl methyl sites for hydroxylation is 1. The Labute approximate surface area is 234 Å². The quantitative estimate of drug-likeness (QED) is 0.327. The van der Waals surface area contributed by atoms with Crippen molar-refractivity contribution in [1.82, 2.24) is 20.0 Å². The van der Waals surface area contributed by atoms with Gasteiger partial charge in [-0.1, -0.05) is 29.8 Å². The summed E-state index contributed by atoms with van der Waals surface area (Å²) in [6.45, 7) is 4.75. The monoisotopic (exact) mass is 539 g/mol. The zero-order valence-corrected chi connectivity index (χ0v) is 22.8. The molecule has 1 aliphatic rings. The van der Waals surface area contributed by atoms with E-state index in [-0.39, 0.29) is 24.9 Å². The number of anilines is 1. The molecule has 0 atom stereocenters. The number of methoxy groups -OCH3 is 1. The van der Waals surface area contributed by atoms with Crippen molar-refractivity contribution in [2.45, 2.75) is 19.9 Å². The third-order valence-electron chi connectivity index (χ3n) is 7.05. The third kappa shape index (κ3) is 6.48. The van der Waals surface area contributed by atoms with Gasteiger partial charge in [0.2, 0.25) is 5.91 Å². The summed E-state index contributed by atoms with van der Waals surface area (Å²) in [4.78, 5) is 32.3. The molecule has 2 aromatic heterocycles. The number of hydrogen-bond donors (Lipinski definition) is 0. The summed E-state index contributed by atoms with van der Waals surface area (Å²) in [6, 6.07) is 22.6. The van der Waals surface area contributed by atoms with Crippen LogP contribution in [0.3, 0.4) is 0 Å². The van der Waals surface area contributed by atoms with Crippen LogP contribution in [0.1, 0.15) is 28.1 Å². The number of hydrogen-bond acceptors (Lipinski definition) is 7. The van der Waals surface area contributed by atoms with Crippen LogP contribution in [0.5, 0.6) is 5.75 Å². The van der Waals surface area contributed by atoms with Gasteiger partial charge in [0.15, 0.2) is 5.82 Å². The molecular formula is C31H33N5O4. The van der Waals surface area contributed by atoms with Crippen molar-refractivity contribution in [3.63, 3.8) is 0 Å². The van der Waals surface area contributed by atoms with Crippen LogP contribution in [0.4, 0.5) is 5.82 Å². The second kappa shape index (κ2) is 12.5. The molecule has 0 aliphatic carbocycles. The van der Waals surface area contributed by atoms with E-state index in [2.05, 4.69) is 34.2 Å². The molecule has 4 aromatic rings. The first kappa shape index (κ1) is 26.9. The first-order valence-electron chi connectivity index (χ1n) is 13.4. The molecule has 9 nitrogen and oxygen atoms in total. The molecule has 1 fully saturated rings. The van der Waals surface area contributed by atoms with Gasteiger partial charge in [0, 0.05) is 37.3 Å². The highest BCUT2D eigenvalue weighted by molar-refractivity contribution is 5.96. The third-order valence-corrected chi connectivity index (χ3v) is 7.05. The molecule has 9 heteroatoms. The molecule has 2 amide bonds. The smallest absolute Gasteiger partial charge is 0.254 e. The minimum atomic E-state index is -0.243. The average Bonchev–Trinajstić information content (AvgIpc) is 3.38. The lowest BCUT2D eigenvalue weighted by Gasteiger charge is -2.27. The van der Waals surface area contributed by atoms with E-state index in [1.165, 1.54) is 10.5 Å². The number of ether oxygens (including phenoxy) is 1. The fourth-order valence-corrected chi connectivity index (χ4v) is 4.74. The Kier molecular flexibility index (Phi) is 8.39. The number of amides is 2. The fraction of sp³-hybridized carbons (Fsp3) is 0.290. The fourth-order valence-electron chi connectivity index (χ4n) is 4.74. The molecule has 5 rings (SSSR count). The molecule has 0 saturated carbocycles. The summed E-state index contributed by atoms with van der Waals surface area (Å²) in [5.74, 6) is 1.72. The van der Waals surface area contributed by atoms with Crippen molar-refractivity contribution in [2.24, 2.45) is 0 Å². The molecule has 2 aromatic carbocycles. The number of furan rings is 1. The van der Waals surface area contributed by atoms with Gasteiger partial charge in [-0.2, -0.15) is 0 Å². The second-order valence-electron chi connectivity index (χ2n) is 9.83. The van der Waals surface area contributed by atoms with Crippen molar-refractivity contribution < 1.29 is 18.7 Å². The Balaban J connectivity index is 1.23. The zero-order chi connectivity index (χ0) is 27.9. The van der Waals surface area contributed by atoms with E-state index in [0.29, 0.717) is 36.7 Å². The van der Waals surface area contributed by atoms with E-state index in [4.69, 9.17) is 9.15 Å². The van der Waals surface area contributed by atoms with Gasteiger partial charge >= 0.3 is 0 Å². The van der Waals surface area contributed by atoms with Crippen LogP contribution < -0.4 is 9.64 Å². The molecule has 206 valence electrons. The Morgan fingerprint density at radius 3 is 2.40 bits per heavy atom. The highest BCUT2D eigenvalue weighted by atomic mass is 16.5. The number of rotatable bonds is 8. The Hall–Kier alpha value is -4.66. The predicted octanol–water partition coefficient (Wildman–Crippen LogP) is 4.43. The van der Waals surface area contributed by atoms with Gasteiger partial charge < -0.3 is 23.9 Å². The largest absolute Gasteiger partial charge is 0.497 e. The number of nitrogens with zero attached hydrogens (tertiary/aromatic N) is 5. The second-order valence-corrected chi connectivity index (χ2v) is 9.83. The highest BCUT2D eigenvalue weighted by Crippen LogP contribution is 2.21. The SMILES string of the molecule is COc1ccc(C(=O)N(CC(=O)N2CCCN(c3ccc(-c4ccc(C)cc4)nn3)CC2)Cc2ccco2)cc1. The summed E-state index contributed by atoms with van der Waals surface area (Å²) in [7, 11) is 1.58. The molecule has 0 spiro atoms. The maximum atomic E-state index is 13.4. The Bertz CT molecular complexity index is 1400. The van der Waals surface area contributed by atoms with E-state index < -0.39 is 0 Å². The summed E-state index contributed by atoms with van der Waals surface area (Å²) >= 11 is 0. The topological polar surface area (TPSA) is 92.0 Å². The van der Waals surface area contributed by atoms with Crippen LogP contribution in [0, 0.1) is 6.92 Å². The van der Waals surface area contributed by atoms with E-state index in [0.717, 1.165) is 30.0 Å². The van der Waals surface area contributed by atoms with E-state index >= 15 is 0 Å². The first-order valence-corrected chi connectivity index (χ1v) is 13.4. The lowest BCUT2D eigenvalue weighted by atomic mass is 10.1. The van der Waals surface area contributed by atoms with Crippen LogP contribution in [-0.4, -0.2) is 71.6 Å². The van der Waals surface area contributed by atoms with Crippen LogP contribution in [0.2, 0.25) is 0 Å². The first-order chi connectivity index (χ1) is 19.5. The van der Waals surface area contributed by atoms with Crippen LogP contribution in [0.15, 0.2) is 83.5 Å². The van der Waals surface area contributed by atoms with Crippen molar-refractivity contribution in [3.8, 4) is 17.0 Å². The van der Waals surface area contributed by atoms with Crippen molar-refractivity contribution >= 4 is 17.6 Å². The standard InChI is InChI=1S/C31H33N5O4/c1-23-6-8-24(9-7-23)28-14-15-29(33-32-28)34-16-4-17-35(19-18-34)30(37)22-36(21-27-5-3-20-40-27)31(38)25-10-12-26(39-2)13-11-25/h3,5-15,20H,4,16-19,21-22H2,1-2H3. The number of aromatic nitrogens is 2. The van der Waals surface area contributed by atoms with E-state index in [1.54, 1.807) is 49.8 Å². The summed E-state index contributed by atoms with van der Waals surface area (Å²) in [5, 5.41) is 8.91. The molecule has 0 N–H and O–H groups in total. The van der Waals surface area contributed by atoms with Gasteiger partial charge in [-0.3, -0.25) is 9.59 Å². The molecule has 1 saturated heterocycles. The number of carbonyl (C=O) groups is 2. The highest BCUT2D eigenvalue weighted by Gasteiger charge is 2.25. The normalized spacial score (nSPS) is 13.6. The van der Waals surface area contributed by atoms with Gasteiger partial charge in [0.1, 0.15) is 18.1 Å².